The quantitative estimate of drug-likeness (QED) is 0.731. The summed E-state index contributed by atoms with van der Waals surface area (Å²) in [7, 11) is 0. The topological polar surface area (TPSA) is 63.6 Å². The van der Waals surface area contributed by atoms with Crippen LogP contribution in [0.25, 0.3) is 11.1 Å². The van der Waals surface area contributed by atoms with Gasteiger partial charge >= 0.3 is 11.9 Å². The van der Waals surface area contributed by atoms with E-state index in [0.717, 1.165) is 16.7 Å². The molecular weight excluding hydrogens is 328 g/mol. The van der Waals surface area contributed by atoms with Crippen LogP contribution in [0.2, 0.25) is 0 Å². The summed E-state index contributed by atoms with van der Waals surface area (Å²) in [5, 5.41) is 9.46. The van der Waals surface area contributed by atoms with Gasteiger partial charge in [0.05, 0.1) is 5.92 Å². The number of esters is 1. The van der Waals surface area contributed by atoms with E-state index in [1.807, 2.05) is 54.6 Å². The van der Waals surface area contributed by atoms with Crippen molar-refractivity contribution >= 4 is 11.9 Å². The predicted molar refractivity (Wildman–Crippen MR) is 102 cm³/mol. The van der Waals surface area contributed by atoms with Gasteiger partial charge < -0.3 is 9.84 Å². The van der Waals surface area contributed by atoms with Gasteiger partial charge in [-0.3, -0.25) is 9.59 Å². The van der Waals surface area contributed by atoms with E-state index in [1.54, 1.807) is 20.8 Å². The van der Waals surface area contributed by atoms with Crippen LogP contribution in [0.3, 0.4) is 0 Å². The van der Waals surface area contributed by atoms with Crippen LogP contribution in [0, 0.1) is 5.92 Å². The molecule has 0 bridgehead atoms. The zero-order valence-electron chi connectivity index (χ0n) is 15.6. The van der Waals surface area contributed by atoms with Crippen molar-refractivity contribution < 1.29 is 19.4 Å². The summed E-state index contributed by atoms with van der Waals surface area (Å²) in [6.45, 7) is 5.40. The van der Waals surface area contributed by atoms with Gasteiger partial charge in [-0.05, 0) is 50.3 Å². The minimum absolute atomic E-state index is 0.107. The Labute approximate surface area is 154 Å². The molecule has 138 valence electrons. The van der Waals surface area contributed by atoms with Crippen molar-refractivity contribution in [3.8, 4) is 11.1 Å². The smallest absolute Gasteiger partial charge is 0.306 e. The molecule has 0 radical (unpaired) electrons. The zero-order chi connectivity index (χ0) is 19.2. The minimum atomic E-state index is -0.888. The number of carbonyl (C=O) groups is 2. The molecule has 4 heteroatoms. The molecule has 0 aliphatic rings. The third-order valence-corrected chi connectivity index (χ3v) is 4.01. The van der Waals surface area contributed by atoms with Gasteiger partial charge in [-0.2, -0.15) is 0 Å². The lowest BCUT2D eigenvalue weighted by atomic mass is 9.93. The van der Waals surface area contributed by atoms with E-state index in [-0.39, 0.29) is 18.8 Å². The Morgan fingerprint density at radius 1 is 0.962 bits per heavy atom. The van der Waals surface area contributed by atoms with Gasteiger partial charge in [-0.25, -0.2) is 0 Å². The van der Waals surface area contributed by atoms with Crippen molar-refractivity contribution in [2.75, 3.05) is 0 Å². The predicted octanol–water partition coefficient (Wildman–Crippen LogP) is 4.72. The van der Waals surface area contributed by atoms with Crippen molar-refractivity contribution in [1.82, 2.24) is 0 Å². The van der Waals surface area contributed by atoms with Crippen LogP contribution in [0.4, 0.5) is 0 Å². The molecule has 0 spiro atoms. The largest absolute Gasteiger partial charge is 0.481 e. The van der Waals surface area contributed by atoms with Crippen LogP contribution in [0.1, 0.15) is 39.2 Å². The SMILES string of the molecule is CC(C)(C)OC(=O)CCC(Cc1ccc(-c2ccccc2)cc1)C(=O)O. The molecule has 0 fully saturated rings. The highest BCUT2D eigenvalue weighted by Gasteiger charge is 2.22. The fraction of sp³-hybridized carbons (Fsp3) is 0.364. The van der Waals surface area contributed by atoms with Crippen LogP contribution in [0.15, 0.2) is 54.6 Å². The van der Waals surface area contributed by atoms with E-state index in [1.165, 1.54) is 0 Å². The van der Waals surface area contributed by atoms with Crippen molar-refractivity contribution in [2.45, 2.75) is 45.6 Å². The lowest BCUT2D eigenvalue weighted by molar-refractivity contribution is -0.155. The molecule has 1 atom stereocenters. The number of carbonyl (C=O) groups excluding carboxylic acids is 1. The monoisotopic (exact) mass is 354 g/mol. The molecular formula is C22H26O4. The molecule has 2 aromatic rings. The summed E-state index contributed by atoms with van der Waals surface area (Å²) in [6, 6.07) is 17.9. The maximum Gasteiger partial charge on any atom is 0.306 e. The summed E-state index contributed by atoms with van der Waals surface area (Å²) in [5.74, 6) is -1.85. The van der Waals surface area contributed by atoms with Crippen molar-refractivity contribution in [2.24, 2.45) is 5.92 Å². The summed E-state index contributed by atoms with van der Waals surface area (Å²) >= 11 is 0. The van der Waals surface area contributed by atoms with Crippen LogP contribution < -0.4 is 0 Å². The molecule has 4 nitrogen and oxygen atoms in total. The summed E-state index contributed by atoms with van der Waals surface area (Å²) in [5.41, 5.74) is 2.61. The van der Waals surface area contributed by atoms with Gasteiger partial charge in [-0.15, -0.1) is 0 Å². The normalized spacial score (nSPS) is 12.4. The molecule has 0 heterocycles. The second kappa shape index (κ2) is 8.65. The number of carboxylic acids is 1. The second-order valence-electron chi connectivity index (χ2n) is 7.43. The third-order valence-electron chi connectivity index (χ3n) is 4.01. The van der Waals surface area contributed by atoms with E-state index < -0.39 is 17.5 Å². The molecule has 2 aromatic carbocycles. The van der Waals surface area contributed by atoms with Gasteiger partial charge in [0, 0.05) is 6.42 Å². The standard InChI is InChI=1S/C22H26O4/c1-22(2,3)26-20(23)14-13-19(21(24)25)15-16-9-11-18(12-10-16)17-7-5-4-6-8-17/h4-12,19H,13-15H2,1-3H3,(H,24,25). The molecule has 26 heavy (non-hydrogen) atoms. The lowest BCUT2D eigenvalue weighted by Crippen LogP contribution is -2.25. The Balaban J connectivity index is 1.97. The highest BCUT2D eigenvalue weighted by Crippen LogP contribution is 2.22. The number of ether oxygens (including phenoxy) is 1. The lowest BCUT2D eigenvalue weighted by Gasteiger charge is -2.20. The number of aliphatic carboxylic acids is 1. The average Bonchev–Trinajstić information content (AvgIpc) is 2.58. The van der Waals surface area contributed by atoms with Crippen molar-refractivity contribution in [3.63, 3.8) is 0 Å². The van der Waals surface area contributed by atoms with Gasteiger partial charge in [0.1, 0.15) is 5.60 Å². The Kier molecular flexibility index (Phi) is 6.56. The number of benzene rings is 2. The van der Waals surface area contributed by atoms with Gasteiger partial charge in [0.2, 0.25) is 0 Å². The number of rotatable bonds is 7. The molecule has 1 N–H and O–H groups in total. The van der Waals surface area contributed by atoms with E-state index in [0.29, 0.717) is 6.42 Å². The molecule has 0 aliphatic carbocycles. The Bertz CT molecular complexity index is 727. The minimum Gasteiger partial charge on any atom is -0.481 e. The first-order valence-corrected chi connectivity index (χ1v) is 8.83. The summed E-state index contributed by atoms with van der Waals surface area (Å²) in [6.07, 6.45) is 0.772. The Hall–Kier alpha value is -2.62. The number of carboxylic acid groups (broad SMARTS) is 1. The Morgan fingerprint density at radius 2 is 1.54 bits per heavy atom. The summed E-state index contributed by atoms with van der Waals surface area (Å²) < 4.78 is 5.25. The molecule has 0 aromatic heterocycles. The van der Waals surface area contributed by atoms with E-state index in [2.05, 4.69) is 0 Å². The van der Waals surface area contributed by atoms with Crippen LogP contribution >= 0.6 is 0 Å². The van der Waals surface area contributed by atoms with E-state index in [9.17, 15) is 14.7 Å². The first-order chi connectivity index (χ1) is 12.2. The number of hydrogen-bond donors (Lipinski definition) is 1. The van der Waals surface area contributed by atoms with Gasteiger partial charge in [-0.1, -0.05) is 54.6 Å². The first kappa shape index (κ1) is 19.7. The average molecular weight is 354 g/mol. The maximum absolute atomic E-state index is 11.8. The maximum atomic E-state index is 11.8. The second-order valence-corrected chi connectivity index (χ2v) is 7.43. The zero-order valence-corrected chi connectivity index (χ0v) is 15.6. The van der Waals surface area contributed by atoms with Gasteiger partial charge in [0.15, 0.2) is 0 Å². The molecule has 2 rings (SSSR count). The molecule has 0 saturated carbocycles. The van der Waals surface area contributed by atoms with Gasteiger partial charge in [0.25, 0.3) is 0 Å². The number of hydrogen-bond acceptors (Lipinski definition) is 3. The van der Waals surface area contributed by atoms with E-state index >= 15 is 0 Å². The van der Waals surface area contributed by atoms with Crippen LogP contribution in [0.5, 0.6) is 0 Å². The molecule has 0 amide bonds. The molecule has 0 aliphatic heterocycles. The molecule has 0 saturated heterocycles. The van der Waals surface area contributed by atoms with Crippen molar-refractivity contribution in [3.05, 3.63) is 60.2 Å². The van der Waals surface area contributed by atoms with Crippen LogP contribution in [-0.4, -0.2) is 22.6 Å². The fourth-order valence-electron chi connectivity index (χ4n) is 2.75. The molecule has 1 unspecified atom stereocenters. The third kappa shape index (κ3) is 6.36. The fourth-order valence-corrected chi connectivity index (χ4v) is 2.75. The summed E-state index contributed by atoms with van der Waals surface area (Å²) in [4.78, 5) is 23.4. The highest BCUT2D eigenvalue weighted by atomic mass is 16.6. The van der Waals surface area contributed by atoms with Crippen LogP contribution in [-0.2, 0) is 20.7 Å². The highest BCUT2D eigenvalue weighted by molar-refractivity contribution is 5.73. The van der Waals surface area contributed by atoms with Crippen molar-refractivity contribution in [1.29, 1.82) is 0 Å². The first-order valence-electron chi connectivity index (χ1n) is 8.83. The Morgan fingerprint density at radius 3 is 2.08 bits per heavy atom. The van der Waals surface area contributed by atoms with E-state index in [4.69, 9.17) is 4.74 Å².